The fourth-order valence-corrected chi connectivity index (χ4v) is 8.32. The number of carboxylic acid groups (broad SMARTS) is 1. The highest BCUT2D eigenvalue weighted by molar-refractivity contribution is 8.00. The van der Waals surface area contributed by atoms with Crippen molar-refractivity contribution < 1.29 is 28.3 Å². The van der Waals surface area contributed by atoms with E-state index in [9.17, 15) is 19.3 Å². The molecule has 34 heavy (non-hydrogen) atoms. The molecule has 6 nitrogen and oxygen atoms in total. The lowest BCUT2D eigenvalue weighted by atomic mass is 10.1. The second-order valence-corrected chi connectivity index (χ2v) is 12.9. The lowest BCUT2D eigenvalue weighted by molar-refractivity contribution is -0.790. The molecule has 1 aliphatic rings. The summed E-state index contributed by atoms with van der Waals surface area (Å²) >= 11 is 1.60. The van der Waals surface area contributed by atoms with Crippen LogP contribution in [0.25, 0.3) is 0 Å². The molecule has 0 aliphatic carbocycles. The smallest absolute Gasteiger partial charge is 0.435 e. The largest absolute Gasteiger partial charge is 0.521 e. The molecular weight excluding hydrogens is 469 g/mol. The number of hydrogen-bond donors (Lipinski definition) is 1. The van der Waals surface area contributed by atoms with Gasteiger partial charge in [0, 0.05) is 17.5 Å². The number of carbonyl (C=O) groups excluding carboxylic acids is 1. The minimum atomic E-state index is -3.28. The molecule has 1 aliphatic heterocycles. The Hall–Kier alpha value is -1.92. The van der Waals surface area contributed by atoms with Gasteiger partial charge in [0.2, 0.25) is 7.37 Å². The fourth-order valence-electron chi connectivity index (χ4n) is 4.72. The van der Waals surface area contributed by atoms with Crippen molar-refractivity contribution in [1.82, 2.24) is 0 Å². The van der Waals surface area contributed by atoms with Crippen LogP contribution in [0.3, 0.4) is 0 Å². The molecule has 3 rings (SSSR count). The first kappa shape index (κ1) is 26.7. The zero-order chi connectivity index (χ0) is 24.6. The number of amides is 2. The number of likely N-dealkylation sites (tertiary alicyclic amines) is 1. The van der Waals surface area contributed by atoms with Crippen LogP contribution in [0.5, 0.6) is 0 Å². The van der Waals surface area contributed by atoms with Gasteiger partial charge in [-0.25, -0.2) is 4.79 Å². The maximum absolute atomic E-state index is 13.6. The average molecular weight is 505 g/mol. The van der Waals surface area contributed by atoms with Gasteiger partial charge in [-0.05, 0) is 50.8 Å². The minimum Gasteiger partial charge on any atom is -0.435 e. The summed E-state index contributed by atoms with van der Waals surface area (Å²) < 4.78 is 18.5. The summed E-state index contributed by atoms with van der Waals surface area (Å²) in [6, 6.07) is 19.5. The zero-order valence-corrected chi connectivity index (χ0v) is 21.7. The van der Waals surface area contributed by atoms with Crippen molar-refractivity contribution in [1.29, 1.82) is 0 Å². The standard InChI is InChI=1S/C26H34NO5PS/c1-3-32-33(31,17-11-10-14-22-12-6-4-7-13-22)20-25(28)27(26(29)30)19-24(18-21(27)2)34-23-15-8-5-9-16-23/h4-9,12-13,15-16,21,24H,3,10-11,14,17-20H2,1-2H3/p+1/t21-,24-,27-,33?/m1/s1. The van der Waals surface area contributed by atoms with E-state index in [4.69, 9.17) is 4.52 Å². The summed E-state index contributed by atoms with van der Waals surface area (Å²) in [4.78, 5) is 27.0. The van der Waals surface area contributed by atoms with Gasteiger partial charge in [0.1, 0.15) is 18.7 Å². The van der Waals surface area contributed by atoms with Crippen LogP contribution in [-0.2, 0) is 20.3 Å². The molecule has 0 radical (unpaired) electrons. The average Bonchev–Trinajstić information content (AvgIpc) is 3.15. The highest BCUT2D eigenvalue weighted by atomic mass is 32.2. The predicted octanol–water partition coefficient (Wildman–Crippen LogP) is 6.30. The third-order valence-electron chi connectivity index (χ3n) is 6.48. The number of nitrogens with zero attached hydrogens (tertiary/aromatic N) is 1. The Morgan fingerprint density at radius 2 is 1.74 bits per heavy atom. The number of carbonyl (C=O) groups is 2. The van der Waals surface area contributed by atoms with Crippen molar-refractivity contribution in [3.05, 3.63) is 66.2 Å². The molecule has 1 N–H and O–H groups in total. The topological polar surface area (TPSA) is 80.7 Å². The van der Waals surface area contributed by atoms with Crippen molar-refractivity contribution >= 4 is 31.1 Å². The number of aryl methyl sites for hydroxylation is 1. The van der Waals surface area contributed by atoms with Crippen LogP contribution >= 0.6 is 19.1 Å². The molecule has 0 aromatic heterocycles. The second-order valence-electron chi connectivity index (χ2n) is 8.92. The van der Waals surface area contributed by atoms with E-state index in [-0.39, 0.29) is 36.8 Å². The van der Waals surface area contributed by atoms with Crippen molar-refractivity contribution in [2.75, 3.05) is 25.5 Å². The first-order valence-electron chi connectivity index (χ1n) is 11.9. The van der Waals surface area contributed by atoms with Gasteiger partial charge >= 0.3 is 12.0 Å². The zero-order valence-electron chi connectivity index (χ0n) is 20.0. The van der Waals surface area contributed by atoms with Crippen LogP contribution < -0.4 is 0 Å². The third-order valence-corrected chi connectivity index (χ3v) is 10.2. The molecule has 4 atom stereocenters. The Kier molecular flexibility index (Phi) is 9.55. The number of benzene rings is 2. The van der Waals surface area contributed by atoms with Gasteiger partial charge in [0.05, 0.1) is 11.9 Å². The van der Waals surface area contributed by atoms with Gasteiger partial charge in [-0.3, -0.25) is 4.57 Å². The molecule has 1 saturated heterocycles. The molecular formula is C26H35NO5PS+. The maximum Gasteiger partial charge on any atom is 0.521 e. The highest BCUT2D eigenvalue weighted by Gasteiger charge is 2.57. The van der Waals surface area contributed by atoms with Gasteiger partial charge in [-0.15, -0.1) is 11.8 Å². The Bertz CT molecular complexity index is 1000. The number of unbranched alkanes of at least 4 members (excludes halogenated alkanes) is 1. The quantitative estimate of drug-likeness (QED) is 0.220. The monoisotopic (exact) mass is 504 g/mol. The van der Waals surface area contributed by atoms with Gasteiger partial charge in [0.15, 0.2) is 0 Å². The molecule has 0 saturated carbocycles. The Morgan fingerprint density at radius 1 is 1.09 bits per heavy atom. The summed E-state index contributed by atoms with van der Waals surface area (Å²) in [5.41, 5.74) is 1.22. The minimum absolute atomic E-state index is 0.00481. The molecule has 184 valence electrons. The highest BCUT2D eigenvalue weighted by Crippen LogP contribution is 2.49. The summed E-state index contributed by atoms with van der Waals surface area (Å²) in [6.07, 6.45) is 1.76. The van der Waals surface area contributed by atoms with Crippen molar-refractivity contribution in [3.63, 3.8) is 0 Å². The molecule has 1 fully saturated rings. The molecule has 0 bridgehead atoms. The van der Waals surface area contributed by atoms with E-state index in [1.54, 1.807) is 18.7 Å². The SMILES string of the molecule is CCOP(=O)(CCCCc1ccccc1)CC(=O)[N@@+]1(C(=O)O)C[C@H](Sc2ccccc2)C[C@H]1C. The van der Waals surface area contributed by atoms with E-state index in [0.29, 0.717) is 12.8 Å². The fraction of sp³-hybridized carbons (Fsp3) is 0.462. The Labute approximate surface area is 206 Å². The van der Waals surface area contributed by atoms with E-state index < -0.39 is 23.9 Å². The van der Waals surface area contributed by atoms with Crippen molar-refractivity contribution in [3.8, 4) is 0 Å². The third kappa shape index (κ3) is 6.60. The van der Waals surface area contributed by atoms with Crippen molar-refractivity contribution in [2.24, 2.45) is 0 Å². The molecule has 1 heterocycles. The van der Waals surface area contributed by atoms with Crippen LogP contribution in [0.1, 0.15) is 38.7 Å². The first-order valence-corrected chi connectivity index (χ1v) is 14.8. The van der Waals surface area contributed by atoms with E-state index >= 15 is 0 Å². The molecule has 8 heteroatoms. The van der Waals surface area contributed by atoms with Gasteiger partial charge in [-0.2, -0.15) is 9.28 Å². The molecule has 2 amide bonds. The lowest BCUT2D eigenvalue weighted by Crippen LogP contribution is -2.60. The van der Waals surface area contributed by atoms with Crippen LogP contribution in [0, 0.1) is 0 Å². The first-order chi connectivity index (χ1) is 16.3. The number of rotatable bonds is 11. The van der Waals surface area contributed by atoms with Crippen LogP contribution in [-0.4, -0.2) is 58.4 Å². The van der Waals surface area contributed by atoms with E-state index in [0.717, 1.165) is 17.7 Å². The van der Waals surface area contributed by atoms with Crippen LogP contribution in [0.2, 0.25) is 0 Å². The van der Waals surface area contributed by atoms with Crippen LogP contribution in [0.4, 0.5) is 4.79 Å². The van der Waals surface area contributed by atoms with Gasteiger partial charge < -0.3 is 9.63 Å². The van der Waals surface area contributed by atoms with Crippen LogP contribution in [0.15, 0.2) is 65.6 Å². The molecule has 2 aromatic rings. The predicted molar refractivity (Wildman–Crippen MR) is 137 cm³/mol. The number of thioether (sulfide) groups is 1. The second kappa shape index (κ2) is 12.2. The Balaban J connectivity index is 1.66. The Morgan fingerprint density at radius 3 is 2.35 bits per heavy atom. The summed E-state index contributed by atoms with van der Waals surface area (Å²) in [6.45, 7) is 3.99. The van der Waals surface area contributed by atoms with Crippen molar-refractivity contribution in [2.45, 2.75) is 55.7 Å². The lowest BCUT2D eigenvalue weighted by Gasteiger charge is -2.31. The normalized spacial score (nSPS) is 23.9. The summed E-state index contributed by atoms with van der Waals surface area (Å²) in [5, 5.41) is 10.2. The summed E-state index contributed by atoms with van der Waals surface area (Å²) in [7, 11) is -3.28. The summed E-state index contributed by atoms with van der Waals surface area (Å²) in [5.74, 6) is -0.504. The van der Waals surface area contributed by atoms with Gasteiger partial charge in [-0.1, -0.05) is 48.5 Å². The number of imide groups is 1. The van der Waals surface area contributed by atoms with E-state index in [1.165, 1.54) is 5.56 Å². The molecule has 2 aromatic carbocycles. The number of hydrogen-bond acceptors (Lipinski definition) is 5. The van der Waals surface area contributed by atoms with E-state index in [2.05, 4.69) is 12.1 Å². The number of quaternary nitrogens is 1. The molecule has 1 unspecified atom stereocenters. The molecule has 0 spiro atoms. The van der Waals surface area contributed by atoms with E-state index in [1.807, 2.05) is 55.5 Å². The van der Waals surface area contributed by atoms with Gasteiger partial charge in [0.25, 0.3) is 0 Å². The maximum atomic E-state index is 13.6.